The maximum Gasteiger partial charge on any atom is 0.253 e. The summed E-state index contributed by atoms with van der Waals surface area (Å²) in [7, 11) is 5.37. The van der Waals surface area contributed by atoms with Crippen molar-refractivity contribution >= 4 is 35.8 Å². The van der Waals surface area contributed by atoms with Crippen molar-refractivity contribution in [1.82, 2.24) is 20.4 Å². The average molecular weight is 564 g/mol. The molecule has 2 aromatic rings. The monoisotopic (exact) mass is 563 g/mol. The largest absolute Gasteiger partial charge is 0.356 e. The summed E-state index contributed by atoms with van der Waals surface area (Å²) < 4.78 is 0. The van der Waals surface area contributed by atoms with Crippen LogP contribution in [0.5, 0.6) is 0 Å². The molecule has 6 nitrogen and oxygen atoms in total. The van der Waals surface area contributed by atoms with Crippen LogP contribution in [0.4, 0.5) is 0 Å². The molecule has 2 aromatic carbocycles. The summed E-state index contributed by atoms with van der Waals surface area (Å²) in [5.41, 5.74) is 3.24. The van der Waals surface area contributed by atoms with E-state index in [1.54, 1.807) is 19.0 Å². The third-order valence-corrected chi connectivity index (χ3v) is 6.09. The molecule has 2 unspecified atom stereocenters. The van der Waals surface area contributed by atoms with Crippen LogP contribution in [0.3, 0.4) is 0 Å². The summed E-state index contributed by atoms with van der Waals surface area (Å²) >= 11 is 0. The number of benzene rings is 2. The predicted octanol–water partition coefficient (Wildman–Crippen LogP) is 3.77. The Morgan fingerprint density at radius 1 is 1.12 bits per heavy atom. The van der Waals surface area contributed by atoms with Gasteiger partial charge in [0.15, 0.2) is 5.96 Å². The van der Waals surface area contributed by atoms with Crippen LogP contribution in [0.15, 0.2) is 59.6 Å². The number of aliphatic imine (C=N–C) groups is 1. The van der Waals surface area contributed by atoms with E-state index in [2.05, 4.69) is 63.8 Å². The lowest BCUT2D eigenvalue weighted by molar-refractivity contribution is 0.0827. The van der Waals surface area contributed by atoms with Gasteiger partial charge >= 0.3 is 0 Å². The fraction of sp³-hybridized carbons (Fsp3) is 0.462. The van der Waals surface area contributed by atoms with Crippen molar-refractivity contribution in [3.8, 4) is 0 Å². The number of hydrogen-bond acceptors (Lipinski definition) is 3. The van der Waals surface area contributed by atoms with Gasteiger partial charge in [-0.15, -0.1) is 24.0 Å². The highest BCUT2D eigenvalue weighted by Crippen LogP contribution is 2.20. The normalized spacial score (nSPS) is 18.8. The van der Waals surface area contributed by atoms with Gasteiger partial charge in [-0.25, -0.2) is 0 Å². The van der Waals surface area contributed by atoms with Gasteiger partial charge in [-0.3, -0.25) is 14.7 Å². The number of likely N-dealkylation sites (tertiary alicyclic amines) is 1. The Labute approximate surface area is 215 Å². The van der Waals surface area contributed by atoms with E-state index in [1.165, 1.54) is 5.56 Å². The molecule has 0 spiro atoms. The molecular weight excluding hydrogens is 525 g/mol. The zero-order chi connectivity index (χ0) is 22.9. The maximum atomic E-state index is 12.2. The van der Waals surface area contributed by atoms with Crippen molar-refractivity contribution in [2.24, 2.45) is 4.99 Å². The number of nitrogens with one attached hydrogen (secondary N) is 2. The van der Waals surface area contributed by atoms with Gasteiger partial charge in [0.1, 0.15) is 0 Å². The number of nitrogens with zero attached hydrogens (tertiary/aromatic N) is 3. The Hall–Kier alpha value is -2.13. The lowest BCUT2D eigenvalue weighted by atomic mass is 9.97. The molecule has 0 bridgehead atoms. The molecule has 1 amide bonds. The standard InChI is InChI=1S/C26H37N5O.HI/c1-20-17-24(14-16-31(20)19-22-9-6-5-7-10-22)29-26(27-2)28-15-13-21-11-8-12-23(18-21)25(32)30(3)4;/h5-12,18,20,24H,13-17,19H2,1-4H3,(H2,27,28,29);1H. The highest BCUT2D eigenvalue weighted by atomic mass is 127. The van der Waals surface area contributed by atoms with Crippen LogP contribution in [0.1, 0.15) is 41.3 Å². The Balaban J connectivity index is 0.00000385. The Morgan fingerprint density at radius 2 is 1.85 bits per heavy atom. The lowest BCUT2D eigenvalue weighted by Gasteiger charge is -2.38. The van der Waals surface area contributed by atoms with Crippen molar-refractivity contribution in [3.05, 3.63) is 71.3 Å². The number of amides is 1. The van der Waals surface area contributed by atoms with E-state index in [-0.39, 0.29) is 29.9 Å². The average Bonchev–Trinajstić information content (AvgIpc) is 2.80. The van der Waals surface area contributed by atoms with Crippen LogP contribution in [0.2, 0.25) is 0 Å². The third kappa shape index (κ3) is 8.30. The quantitative estimate of drug-likeness (QED) is 0.306. The number of hydrogen-bond donors (Lipinski definition) is 2. The molecule has 1 aliphatic heterocycles. The molecule has 2 N–H and O–H groups in total. The van der Waals surface area contributed by atoms with Crippen molar-refractivity contribution in [2.75, 3.05) is 34.2 Å². The van der Waals surface area contributed by atoms with Crippen LogP contribution in [0.25, 0.3) is 0 Å². The Kier molecular flexibility index (Phi) is 11.1. The van der Waals surface area contributed by atoms with Crippen LogP contribution in [0, 0.1) is 0 Å². The van der Waals surface area contributed by atoms with E-state index in [4.69, 9.17) is 0 Å². The molecule has 1 heterocycles. The van der Waals surface area contributed by atoms with Gasteiger partial charge in [0.2, 0.25) is 0 Å². The first kappa shape index (κ1) is 27.1. The SMILES string of the molecule is CN=C(NCCc1cccc(C(=O)N(C)C)c1)NC1CCN(Cc2ccccc2)C(C)C1.I. The van der Waals surface area contributed by atoms with Crippen molar-refractivity contribution < 1.29 is 4.79 Å². The molecule has 7 heteroatoms. The smallest absolute Gasteiger partial charge is 0.253 e. The van der Waals surface area contributed by atoms with E-state index in [9.17, 15) is 4.79 Å². The van der Waals surface area contributed by atoms with Gasteiger partial charge in [0.05, 0.1) is 0 Å². The second-order valence-corrected chi connectivity index (χ2v) is 8.82. The van der Waals surface area contributed by atoms with Crippen LogP contribution < -0.4 is 10.6 Å². The summed E-state index contributed by atoms with van der Waals surface area (Å²) in [6.45, 7) is 5.17. The Morgan fingerprint density at radius 3 is 2.52 bits per heavy atom. The molecule has 0 radical (unpaired) electrons. The van der Waals surface area contributed by atoms with Crippen LogP contribution >= 0.6 is 24.0 Å². The molecule has 3 rings (SSSR count). The fourth-order valence-electron chi connectivity index (χ4n) is 4.24. The topological polar surface area (TPSA) is 60.0 Å². The Bertz CT molecular complexity index is 903. The highest BCUT2D eigenvalue weighted by molar-refractivity contribution is 14.0. The number of carbonyl (C=O) groups is 1. The first-order valence-electron chi connectivity index (χ1n) is 11.5. The second-order valence-electron chi connectivity index (χ2n) is 8.82. The van der Waals surface area contributed by atoms with E-state index >= 15 is 0 Å². The van der Waals surface area contributed by atoms with E-state index in [1.807, 2.05) is 25.2 Å². The zero-order valence-corrected chi connectivity index (χ0v) is 22.6. The zero-order valence-electron chi connectivity index (χ0n) is 20.3. The minimum atomic E-state index is 0. The van der Waals surface area contributed by atoms with Gasteiger partial charge in [0.25, 0.3) is 5.91 Å². The maximum absolute atomic E-state index is 12.2. The number of halogens is 1. The molecule has 1 saturated heterocycles. The van der Waals surface area contributed by atoms with Crippen LogP contribution in [-0.2, 0) is 13.0 Å². The minimum Gasteiger partial charge on any atom is -0.356 e. The summed E-state index contributed by atoms with van der Waals surface area (Å²) in [5, 5.41) is 7.04. The summed E-state index contributed by atoms with van der Waals surface area (Å²) in [5.74, 6) is 0.879. The molecule has 180 valence electrons. The predicted molar refractivity (Wildman–Crippen MR) is 147 cm³/mol. The fourth-order valence-corrected chi connectivity index (χ4v) is 4.24. The van der Waals surface area contributed by atoms with Gasteiger partial charge in [0, 0.05) is 58.4 Å². The molecule has 1 fully saturated rings. The summed E-state index contributed by atoms with van der Waals surface area (Å²) in [6, 6.07) is 19.5. The molecule has 0 saturated carbocycles. The first-order chi connectivity index (χ1) is 15.5. The van der Waals surface area contributed by atoms with Gasteiger partial charge < -0.3 is 15.5 Å². The third-order valence-electron chi connectivity index (χ3n) is 6.09. The number of guanidine groups is 1. The molecule has 1 aliphatic rings. The lowest BCUT2D eigenvalue weighted by Crippen LogP contribution is -2.51. The molecule has 0 aromatic heterocycles. The summed E-state index contributed by atoms with van der Waals surface area (Å²) in [6.07, 6.45) is 3.04. The summed E-state index contributed by atoms with van der Waals surface area (Å²) in [4.78, 5) is 20.8. The first-order valence-corrected chi connectivity index (χ1v) is 11.5. The number of carbonyl (C=O) groups excluding carboxylic acids is 1. The van der Waals surface area contributed by atoms with Crippen LogP contribution in [-0.4, -0.2) is 68.0 Å². The van der Waals surface area contributed by atoms with E-state index in [0.29, 0.717) is 12.1 Å². The molecule has 0 aliphatic carbocycles. The van der Waals surface area contributed by atoms with Gasteiger partial charge in [-0.2, -0.15) is 0 Å². The minimum absolute atomic E-state index is 0. The second kappa shape index (κ2) is 13.5. The van der Waals surface area contributed by atoms with E-state index in [0.717, 1.165) is 56.0 Å². The molecule has 33 heavy (non-hydrogen) atoms. The van der Waals surface area contributed by atoms with Crippen molar-refractivity contribution in [3.63, 3.8) is 0 Å². The number of piperidine rings is 1. The number of rotatable bonds is 7. The van der Waals surface area contributed by atoms with Crippen molar-refractivity contribution in [2.45, 2.75) is 44.8 Å². The van der Waals surface area contributed by atoms with Gasteiger partial charge in [-0.1, -0.05) is 42.5 Å². The molecule has 2 atom stereocenters. The van der Waals surface area contributed by atoms with Crippen molar-refractivity contribution in [1.29, 1.82) is 0 Å². The van der Waals surface area contributed by atoms with Gasteiger partial charge in [-0.05, 0) is 49.4 Å². The van der Waals surface area contributed by atoms with E-state index < -0.39 is 0 Å². The highest BCUT2D eigenvalue weighted by Gasteiger charge is 2.25. The molecular formula is C26H38IN5O.